The van der Waals surface area contributed by atoms with Gasteiger partial charge in [0.2, 0.25) is 0 Å². The Morgan fingerprint density at radius 2 is 1.42 bits per heavy atom. The molecule has 10 rings (SSSR count). The highest BCUT2D eigenvalue weighted by atomic mass is 15.2. The van der Waals surface area contributed by atoms with E-state index < -0.39 is 0 Å². The van der Waals surface area contributed by atoms with Gasteiger partial charge in [-0.25, -0.2) is 0 Å². The third-order valence-electron chi connectivity index (χ3n) is 11.6. The fraction of sp³-hybridized carbons (Fsp3) is 0.167. The second kappa shape index (κ2) is 12.1. The van der Waals surface area contributed by atoms with Crippen molar-refractivity contribution in [1.82, 2.24) is 4.57 Å². The van der Waals surface area contributed by atoms with Crippen molar-refractivity contribution < 1.29 is 0 Å². The van der Waals surface area contributed by atoms with Gasteiger partial charge in [-0.05, 0) is 95.3 Å². The van der Waals surface area contributed by atoms with Crippen molar-refractivity contribution in [3.8, 4) is 16.8 Å². The van der Waals surface area contributed by atoms with Crippen LogP contribution < -0.4 is 4.90 Å². The maximum Gasteiger partial charge on any atom is 0.0629 e. The van der Waals surface area contributed by atoms with Gasteiger partial charge in [0.1, 0.15) is 0 Å². The molecule has 1 aromatic heterocycles. The van der Waals surface area contributed by atoms with E-state index in [2.05, 4.69) is 186 Å². The average molecular weight is 645 g/mol. The van der Waals surface area contributed by atoms with E-state index in [1.165, 1.54) is 61.5 Å². The molecule has 2 heterocycles. The highest BCUT2D eigenvalue weighted by molar-refractivity contribution is 5.91. The lowest BCUT2D eigenvalue weighted by molar-refractivity contribution is 0.460. The minimum absolute atomic E-state index is 0.284. The molecule has 0 spiro atoms. The van der Waals surface area contributed by atoms with Crippen molar-refractivity contribution in [2.75, 3.05) is 4.90 Å². The van der Waals surface area contributed by atoms with Crippen LogP contribution in [0.3, 0.4) is 0 Å². The molecule has 0 saturated carbocycles. The SMILES string of the molecule is C1=CCC(C2C=CC=C(N3c4ccccc4C4C=CC(C5C=Cc6c(c7ccccc7n6-c6ccc(-c7ccccc7)cc6)C5)=CC43)C2)C=C1. The van der Waals surface area contributed by atoms with E-state index in [-0.39, 0.29) is 6.04 Å². The van der Waals surface area contributed by atoms with Crippen LogP contribution >= 0.6 is 0 Å². The summed E-state index contributed by atoms with van der Waals surface area (Å²) in [6.07, 6.45) is 31.8. The molecule has 0 N–H and O–H groups in total. The fourth-order valence-corrected chi connectivity index (χ4v) is 9.18. The zero-order valence-electron chi connectivity index (χ0n) is 28.1. The van der Waals surface area contributed by atoms with Crippen LogP contribution in [0.1, 0.15) is 35.6 Å². The molecule has 1 aliphatic heterocycles. The average Bonchev–Trinajstić information content (AvgIpc) is 3.71. The van der Waals surface area contributed by atoms with Gasteiger partial charge in [0.15, 0.2) is 0 Å². The van der Waals surface area contributed by atoms with Crippen molar-refractivity contribution in [1.29, 1.82) is 0 Å². The quantitative estimate of drug-likeness (QED) is 0.185. The van der Waals surface area contributed by atoms with Crippen LogP contribution in [0.2, 0.25) is 0 Å². The molecule has 5 atom stereocenters. The maximum absolute atomic E-state index is 2.67. The van der Waals surface area contributed by atoms with Crippen LogP contribution in [0.25, 0.3) is 33.8 Å². The number of anilines is 1. The first-order valence-electron chi connectivity index (χ1n) is 18.3. The summed E-state index contributed by atoms with van der Waals surface area (Å²) in [7, 11) is 0. The Labute approximate surface area is 295 Å². The number of hydrogen-bond donors (Lipinski definition) is 0. The molecule has 2 nitrogen and oxygen atoms in total. The number of para-hydroxylation sites is 2. The van der Waals surface area contributed by atoms with Crippen LogP contribution in [-0.2, 0) is 6.42 Å². The van der Waals surface area contributed by atoms with Gasteiger partial charge < -0.3 is 9.47 Å². The smallest absolute Gasteiger partial charge is 0.0629 e. The Kier molecular flexibility index (Phi) is 7.08. The second-order valence-corrected chi connectivity index (χ2v) is 14.4. The minimum atomic E-state index is 0.284. The lowest BCUT2D eigenvalue weighted by Gasteiger charge is -2.36. The lowest BCUT2D eigenvalue weighted by atomic mass is 9.80. The number of rotatable bonds is 5. The zero-order chi connectivity index (χ0) is 33.0. The van der Waals surface area contributed by atoms with Crippen molar-refractivity contribution in [3.63, 3.8) is 0 Å². The molecule has 0 saturated heterocycles. The molecule has 242 valence electrons. The number of fused-ring (bicyclic) bond motifs is 6. The van der Waals surface area contributed by atoms with Crippen LogP contribution in [-0.4, -0.2) is 10.6 Å². The summed E-state index contributed by atoms with van der Waals surface area (Å²) in [5.41, 5.74) is 13.4. The highest BCUT2D eigenvalue weighted by Gasteiger charge is 2.40. The number of aromatic nitrogens is 1. The first kappa shape index (κ1) is 29.3. The Morgan fingerprint density at radius 3 is 2.30 bits per heavy atom. The van der Waals surface area contributed by atoms with Gasteiger partial charge >= 0.3 is 0 Å². The van der Waals surface area contributed by atoms with Crippen LogP contribution in [0, 0.1) is 17.8 Å². The third-order valence-corrected chi connectivity index (χ3v) is 11.6. The van der Waals surface area contributed by atoms with Gasteiger partial charge in [0.05, 0.1) is 11.6 Å². The van der Waals surface area contributed by atoms with Crippen LogP contribution in [0.5, 0.6) is 0 Å². The molecule has 5 aliphatic rings. The van der Waals surface area contributed by atoms with Gasteiger partial charge in [-0.1, -0.05) is 140 Å². The van der Waals surface area contributed by atoms with Gasteiger partial charge in [0.25, 0.3) is 0 Å². The Balaban J connectivity index is 0.980. The fourth-order valence-electron chi connectivity index (χ4n) is 9.18. The lowest BCUT2D eigenvalue weighted by Crippen LogP contribution is -2.35. The Hall–Kier alpha value is -5.60. The molecule has 50 heavy (non-hydrogen) atoms. The first-order valence-corrected chi connectivity index (χ1v) is 18.3. The molecular weight excluding hydrogens is 605 g/mol. The summed E-state index contributed by atoms with van der Waals surface area (Å²) in [4.78, 5) is 2.67. The van der Waals surface area contributed by atoms with Crippen molar-refractivity contribution in [2.24, 2.45) is 17.8 Å². The second-order valence-electron chi connectivity index (χ2n) is 14.4. The first-order chi connectivity index (χ1) is 24.8. The molecule has 0 radical (unpaired) electrons. The monoisotopic (exact) mass is 644 g/mol. The van der Waals surface area contributed by atoms with E-state index in [0.29, 0.717) is 23.7 Å². The number of nitrogens with zero attached hydrogens (tertiary/aromatic N) is 2. The summed E-state index contributed by atoms with van der Waals surface area (Å²) in [5, 5.41) is 1.36. The highest BCUT2D eigenvalue weighted by Crippen LogP contribution is 2.49. The molecule has 2 heteroatoms. The summed E-state index contributed by atoms with van der Waals surface area (Å²) in [5.74, 6) is 1.78. The standard InChI is InChI=1S/C48H40N2/c1-3-12-33(13-4-1)35-22-26-39(27-23-35)49-46-21-10-8-19-42(46)44-31-37(25-29-47(44)49)38-24-28-43-41-18-7-9-20-45(41)50(48(43)32-38)40-17-11-16-36(30-40)34-14-5-2-6-15-34/h1-14,16-29,32,34,36-37,43,48H,15,30-31H2. The number of allylic oxidation sites excluding steroid dienone is 11. The third kappa shape index (κ3) is 4.85. The zero-order valence-corrected chi connectivity index (χ0v) is 28.1. The molecule has 4 aliphatic carbocycles. The van der Waals surface area contributed by atoms with E-state index in [0.717, 1.165) is 19.3 Å². The van der Waals surface area contributed by atoms with Gasteiger partial charge in [-0.15, -0.1) is 0 Å². The Morgan fingerprint density at radius 1 is 0.620 bits per heavy atom. The predicted octanol–water partition coefficient (Wildman–Crippen LogP) is 11.5. The van der Waals surface area contributed by atoms with E-state index in [4.69, 9.17) is 0 Å². The molecule has 5 aromatic rings. The van der Waals surface area contributed by atoms with Crippen LogP contribution in [0.15, 0.2) is 181 Å². The van der Waals surface area contributed by atoms with Crippen LogP contribution in [0.4, 0.5) is 5.69 Å². The molecule has 5 unspecified atom stereocenters. The van der Waals surface area contributed by atoms with Gasteiger partial charge in [-0.3, -0.25) is 0 Å². The van der Waals surface area contributed by atoms with E-state index in [1.807, 2.05) is 0 Å². The summed E-state index contributed by atoms with van der Waals surface area (Å²) >= 11 is 0. The largest absolute Gasteiger partial charge is 0.337 e. The van der Waals surface area contributed by atoms with Gasteiger partial charge in [-0.2, -0.15) is 0 Å². The summed E-state index contributed by atoms with van der Waals surface area (Å²) in [6.45, 7) is 0. The summed E-state index contributed by atoms with van der Waals surface area (Å²) < 4.78 is 2.46. The molecule has 0 bridgehead atoms. The van der Waals surface area contributed by atoms with E-state index in [1.54, 1.807) is 0 Å². The molecule has 4 aromatic carbocycles. The van der Waals surface area contributed by atoms with Gasteiger partial charge in [0, 0.05) is 40.0 Å². The molecular formula is C48H40N2. The van der Waals surface area contributed by atoms with E-state index in [9.17, 15) is 0 Å². The topological polar surface area (TPSA) is 8.17 Å². The molecule has 0 fully saturated rings. The van der Waals surface area contributed by atoms with Crippen molar-refractivity contribution in [3.05, 3.63) is 198 Å². The van der Waals surface area contributed by atoms with Crippen molar-refractivity contribution >= 4 is 22.7 Å². The minimum Gasteiger partial charge on any atom is -0.337 e. The Bertz CT molecular complexity index is 2320. The van der Waals surface area contributed by atoms with Crippen molar-refractivity contribution in [2.45, 2.75) is 31.2 Å². The maximum atomic E-state index is 2.67. The molecule has 0 amide bonds. The number of benzene rings is 4. The summed E-state index contributed by atoms with van der Waals surface area (Å²) in [6, 6.07) is 38.0. The normalized spacial score (nSPS) is 24.6. The predicted molar refractivity (Wildman–Crippen MR) is 209 cm³/mol. The van der Waals surface area contributed by atoms with E-state index >= 15 is 0 Å². The number of hydrogen-bond acceptors (Lipinski definition) is 1.